The van der Waals surface area contributed by atoms with Crippen molar-refractivity contribution in [1.29, 1.82) is 0 Å². The van der Waals surface area contributed by atoms with Gasteiger partial charge < -0.3 is 58.3 Å². The van der Waals surface area contributed by atoms with Crippen molar-refractivity contribution in [2.75, 3.05) is 41.7 Å². The molecule has 2 saturated heterocycles. The Morgan fingerprint density at radius 2 is 0.985 bits per heavy atom. The van der Waals surface area contributed by atoms with Crippen molar-refractivity contribution in [3.05, 3.63) is 47.5 Å². The fraction of sp³-hybridized carbons (Fsp3) is 0.565. The summed E-state index contributed by atoms with van der Waals surface area (Å²) < 4.78 is 43.3. The van der Waals surface area contributed by atoms with Gasteiger partial charge in [0.25, 0.3) is 0 Å². The molecule has 2 N–H and O–H groups in total. The van der Waals surface area contributed by atoms with Crippen LogP contribution in [-0.2, 0) is 47.6 Å². The highest BCUT2D eigenvalue weighted by Gasteiger charge is 2.53. The lowest BCUT2D eigenvalue weighted by Crippen LogP contribution is -2.58. The SMILES string of the molecule is COC(=O)N[C@H](C(=O)N1[C@@H]2CCC[C@@H]2C[C@H]1C(=O)OCC(=O)c1ccc2c(c1)Oc1ccc(C(=O)COC(=O)[C@@H]3C[C@@H]4CCC[C@@H]4N3C(=O)[C@@H](NC(=O)OC)[C@@H](C)OC)cc1O2)[C@@H](C)OC. The monoisotopic (exact) mass is 920 g/mol. The van der Waals surface area contributed by atoms with Crippen molar-refractivity contribution in [2.45, 2.75) is 114 Å². The zero-order valence-electron chi connectivity index (χ0n) is 37.7. The molecule has 3 heterocycles. The van der Waals surface area contributed by atoms with Gasteiger partial charge in [-0.1, -0.05) is 12.8 Å². The molecule has 7 rings (SSSR count). The summed E-state index contributed by atoms with van der Waals surface area (Å²) >= 11 is 0. The predicted octanol–water partition coefficient (Wildman–Crippen LogP) is 4.09. The normalized spacial score (nSPS) is 24.1. The molecular weight excluding hydrogens is 865 g/mol. The number of rotatable bonds is 16. The summed E-state index contributed by atoms with van der Waals surface area (Å²) in [5, 5.41) is 5.04. The van der Waals surface area contributed by atoms with E-state index in [0.29, 0.717) is 25.7 Å². The molecule has 66 heavy (non-hydrogen) atoms. The quantitative estimate of drug-likeness (QED) is 0.117. The highest BCUT2D eigenvalue weighted by molar-refractivity contribution is 6.00. The van der Waals surface area contributed by atoms with Crippen molar-refractivity contribution >= 4 is 47.5 Å². The van der Waals surface area contributed by atoms with Crippen molar-refractivity contribution in [3.63, 3.8) is 0 Å². The lowest BCUT2D eigenvalue weighted by atomic mass is 10.0. The number of hydrogen-bond donors (Lipinski definition) is 2. The highest BCUT2D eigenvalue weighted by Crippen LogP contribution is 2.47. The molecule has 2 aromatic carbocycles. The zero-order chi connectivity index (χ0) is 47.4. The van der Waals surface area contributed by atoms with Crippen LogP contribution in [0.1, 0.15) is 85.9 Å². The van der Waals surface area contributed by atoms with Gasteiger partial charge in [0, 0.05) is 37.4 Å². The first-order valence-electron chi connectivity index (χ1n) is 22.1. The Hall–Kier alpha value is -6.28. The van der Waals surface area contributed by atoms with Gasteiger partial charge in [-0.3, -0.25) is 19.2 Å². The fourth-order valence-electron chi connectivity index (χ4n) is 9.92. The maximum absolute atomic E-state index is 13.9. The van der Waals surface area contributed by atoms with Gasteiger partial charge in [-0.15, -0.1) is 0 Å². The molecule has 2 aliphatic carbocycles. The van der Waals surface area contributed by atoms with Gasteiger partial charge in [-0.2, -0.15) is 0 Å². The Morgan fingerprint density at radius 1 is 0.591 bits per heavy atom. The van der Waals surface area contributed by atoms with Crippen LogP contribution < -0.4 is 20.1 Å². The molecular formula is C46H56N4O16. The van der Waals surface area contributed by atoms with Crippen LogP contribution >= 0.6 is 0 Å². The first-order chi connectivity index (χ1) is 31.7. The minimum Gasteiger partial charge on any atom is -0.456 e. The number of benzene rings is 2. The predicted molar refractivity (Wildman–Crippen MR) is 228 cm³/mol. The third-order valence-electron chi connectivity index (χ3n) is 13.5. The van der Waals surface area contributed by atoms with Crippen LogP contribution in [0.2, 0.25) is 0 Å². The van der Waals surface area contributed by atoms with Gasteiger partial charge in [0.1, 0.15) is 24.2 Å². The number of alkyl carbamates (subject to hydrolysis) is 2. The number of likely N-dealkylation sites (tertiary alicyclic amines) is 2. The molecule has 0 unspecified atom stereocenters. The molecule has 3 aliphatic heterocycles. The lowest BCUT2D eigenvalue weighted by molar-refractivity contribution is -0.155. The molecule has 0 bridgehead atoms. The van der Waals surface area contributed by atoms with Crippen LogP contribution in [0.25, 0.3) is 0 Å². The van der Waals surface area contributed by atoms with Gasteiger partial charge >= 0.3 is 24.1 Å². The molecule has 2 saturated carbocycles. The molecule has 10 atom stereocenters. The number of nitrogens with one attached hydrogen (secondary N) is 2. The number of carbonyl (C=O) groups is 8. The molecule has 4 fully saturated rings. The third-order valence-corrected chi connectivity index (χ3v) is 13.5. The van der Waals surface area contributed by atoms with E-state index in [9.17, 15) is 38.4 Å². The van der Waals surface area contributed by atoms with Crippen LogP contribution in [-0.4, -0.2) is 147 Å². The summed E-state index contributed by atoms with van der Waals surface area (Å²) in [6.07, 6.45) is 2.34. The average molecular weight is 921 g/mol. The summed E-state index contributed by atoms with van der Waals surface area (Å²) in [7, 11) is 5.16. The van der Waals surface area contributed by atoms with E-state index in [1.165, 1.54) is 74.6 Å². The number of fused-ring (bicyclic) bond motifs is 4. The summed E-state index contributed by atoms with van der Waals surface area (Å²) in [5.74, 6) is -2.62. The second kappa shape index (κ2) is 20.5. The molecule has 20 nitrogen and oxygen atoms in total. The average Bonchev–Trinajstić information content (AvgIpc) is 4.14. The lowest BCUT2D eigenvalue weighted by Gasteiger charge is -2.33. The van der Waals surface area contributed by atoms with Crippen LogP contribution in [0, 0.1) is 11.8 Å². The number of hydrogen-bond acceptors (Lipinski definition) is 16. The van der Waals surface area contributed by atoms with Gasteiger partial charge in [0.2, 0.25) is 11.8 Å². The van der Waals surface area contributed by atoms with Gasteiger partial charge in [0.05, 0.1) is 26.4 Å². The number of methoxy groups -OCH3 is 4. The van der Waals surface area contributed by atoms with E-state index in [1.807, 2.05) is 0 Å². The Balaban J connectivity index is 0.954. The van der Waals surface area contributed by atoms with E-state index >= 15 is 0 Å². The van der Waals surface area contributed by atoms with Gasteiger partial charge in [-0.05, 0) is 101 Å². The Bertz CT molecular complexity index is 2080. The van der Waals surface area contributed by atoms with Gasteiger partial charge in [0.15, 0.2) is 47.8 Å². The number of nitrogens with zero attached hydrogens (tertiary/aromatic N) is 2. The maximum Gasteiger partial charge on any atom is 0.407 e. The zero-order valence-corrected chi connectivity index (χ0v) is 37.7. The third kappa shape index (κ3) is 9.79. The molecule has 5 aliphatic rings. The van der Waals surface area contributed by atoms with Crippen LogP contribution in [0.3, 0.4) is 0 Å². The second-order valence-corrected chi connectivity index (χ2v) is 17.2. The van der Waals surface area contributed by atoms with E-state index in [2.05, 4.69) is 10.6 Å². The summed E-state index contributed by atoms with van der Waals surface area (Å²) in [5.41, 5.74) is 0.314. The van der Waals surface area contributed by atoms with Crippen LogP contribution in [0.15, 0.2) is 36.4 Å². The Labute approximate surface area is 381 Å². The van der Waals surface area contributed by atoms with E-state index in [1.54, 1.807) is 13.8 Å². The minimum atomic E-state index is -1.13. The first kappa shape index (κ1) is 47.7. The van der Waals surface area contributed by atoms with Crippen molar-refractivity contribution in [2.24, 2.45) is 11.8 Å². The smallest absolute Gasteiger partial charge is 0.407 e. The topological polar surface area (TPSA) is 241 Å². The van der Waals surface area contributed by atoms with E-state index in [0.717, 1.165) is 25.7 Å². The molecule has 20 heteroatoms. The van der Waals surface area contributed by atoms with E-state index < -0.39 is 97.1 Å². The molecule has 4 amide bonds. The summed E-state index contributed by atoms with van der Waals surface area (Å²) in [6.45, 7) is 2.01. The van der Waals surface area contributed by atoms with Crippen molar-refractivity contribution < 1.29 is 76.3 Å². The van der Waals surface area contributed by atoms with Crippen LogP contribution in [0.5, 0.6) is 23.0 Å². The van der Waals surface area contributed by atoms with E-state index in [4.69, 9.17) is 37.9 Å². The second-order valence-electron chi connectivity index (χ2n) is 17.2. The molecule has 0 aromatic heterocycles. The fourth-order valence-corrected chi connectivity index (χ4v) is 9.92. The number of Topliss-reactive ketones (excluding diaryl/α,β-unsaturated/α-hetero) is 2. The maximum atomic E-state index is 13.9. The van der Waals surface area contributed by atoms with Crippen LogP contribution in [0.4, 0.5) is 9.59 Å². The molecule has 0 spiro atoms. The number of amides is 4. The van der Waals surface area contributed by atoms with E-state index in [-0.39, 0.29) is 58.0 Å². The molecule has 356 valence electrons. The standard InChI is InChI=1S/C46H56N4O16/c1-23(59-3)39(47-45(57)61-5)41(53)49-29-11-7-9-25(29)17-31(49)43(55)63-21-33(51)27-13-15-35-37(19-27)65-36-16-14-28(20-38(36)66-35)34(52)22-64-44(56)32-18-26-10-8-12-30(26)50(32)42(54)40(24(2)60-4)48-46(58)62-6/h13-16,19-20,23-26,29-32,39-40H,7-12,17-18,21-22H2,1-6H3,(H,47,57)(H,48,58)/t23-,24-,25-,26+,29-,30+,31+,32+,39+,40+/m1/s1. The highest BCUT2D eigenvalue weighted by atomic mass is 16.6. The number of ether oxygens (including phenoxy) is 8. The molecule has 0 radical (unpaired) electrons. The number of esters is 2. The summed E-state index contributed by atoms with van der Waals surface area (Å²) in [6, 6.07) is 4.14. The van der Waals surface area contributed by atoms with Crippen molar-refractivity contribution in [3.8, 4) is 23.0 Å². The molecule has 2 aromatic rings. The van der Waals surface area contributed by atoms with Crippen molar-refractivity contribution in [1.82, 2.24) is 20.4 Å². The largest absolute Gasteiger partial charge is 0.456 e. The minimum absolute atomic E-state index is 0.0572. The van der Waals surface area contributed by atoms with Gasteiger partial charge in [-0.25, -0.2) is 19.2 Å². The number of carbonyl (C=O) groups excluding carboxylic acids is 8. The summed E-state index contributed by atoms with van der Waals surface area (Å²) in [4.78, 5) is 109. The first-order valence-corrected chi connectivity index (χ1v) is 22.1. The Kier molecular flexibility index (Phi) is 14.8. The number of ketones is 2. The Morgan fingerprint density at radius 3 is 1.35 bits per heavy atom.